The molecule has 0 atom stereocenters. The van der Waals surface area contributed by atoms with Crippen molar-refractivity contribution in [3.63, 3.8) is 0 Å². The van der Waals surface area contributed by atoms with Crippen LogP contribution >= 0.6 is 0 Å². The number of oxazole rings is 1. The smallest absolute Gasteiger partial charge is 0.191 e. The Morgan fingerprint density at radius 1 is 1.70 bits per heavy atom. The summed E-state index contributed by atoms with van der Waals surface area (Å²) < 4.78 is 10.1. The summed E-state index contributed by atoms with van der Waals surface area (Å²) in [4.78, 5) is 4.06. The minimum Gasteiger partial charge on any atom is -0.449 e. The topological polar surface area (TPSA) is 35.3 Å². The Kier molecular flexibility index (Phi) is 2.45. The highest BCUT2D eigenvalue weighted by molar-refractivity contribution is 4.92. The molecule has 0 aliphatic carbocycles. The largest absolute Gasteiger partial charge is 0.449 e. The predicted octanol–water partition coefficient (Wildman–Crippen LogP) is 1.52. The molecule has 1 heterocycles. The number of hydrogen-bond donors (Lipinski definition) is 0. The van der Waals surface area contributed by atoms with Crippen molar-refractivity contribution in [3.05, 3.63) is 17.8 Å². The molecule has 0 amide bonds. The summed E-state index contributed by atoms with van der Waals surface area (Å²) >= 11 is 0. The molecule has 0 radical (unpaired) electrons. The summed E-state index contributed by atoms with van der Waals surface area (Å²) in [5.74, 6) is 0.690. The SMILES string of the molecule is CCOCc1coc(C)n1. The second kappa shape index (κ2) is 3.37. The number of aryl methyl sites for hydroxylation is 1. The molecule has 3 heteroatoms. The van der Waals surface area contributed by atoms with Crippen LogP contribution < -0.4 is 0 Å². The number of rotatable bonds is 3. The zero-order chi connectivity index (χ0) is 7.40. The zero-order valence-electron chi connectivity index (χ0n) is 6.26. The first-order valence-electron chi connectivity index (χ1n) is 3.31. The summed E-state index contributed by atoms with van der Waals surface area (Å²) in [6, 6.07) is 0. The average molecular weight is 141 g/mol. The third-order valence-electron chi connectivity index (χ3n) is 1.12. The van der Waals surface area contributed by atoms with Gasteiger partial charge in [0, 0.05) is 13.5 Å². The van der Waals surface area contributed by atoms with E-state index >= 15 is 0 Å². The molecule has 0 bridgehead atoms. The number of nitrogens with zero attached hydrogens (tertiary/aromatic N) is 1. The molecule has 1 aromatic heterocycles. The molecule has 1 aromatic rings. The minimum atomic E-state index is 0.549. The summed E-state index contributed by atoms with van der Waals surface area (Å²) in [5.41, 5.74) is 0.861. The highest BCUT2D eigenvalue weighted by Crippen LogP contribution is 2.00. The van der Waals surface area contributed by atoms with Gasteiger partial charge in [0.1, 0.15) is 12.0 Å². The molecule has 0 fully saturated rings. The van der Waals surface area contributed by atoms with E-state index in [1.807, 2.05) is 13.8 Å². The van der Waals surface area contributed by atoms with Crippen LogP contribution in [0.5, 0.6) is 0 Å². The Morgan fingerprint density at radius 2 is 2.50 bits per heavy atom. The average Bonchev–Trinajstić information content (AvgIpc) is 2.31. The molecular formula is C7H11NO2. The van der Waals surface area contributed by atoms with E-state index in [2.05, 4.69) is 4.98 Å². The summed E-state index contributed by atoms with van der Waals surface area (Å²) in [5, 5.41) is 0. The van der Waals surface area contributed by atoms with Gasteiger partial charge < -0.3 is 9.15 Å². The summed E-state index contributed by atoms with van der Waals surface area (Å²) in [7, 11) is 0. The van der Waals surface area contributed by atoms with E-state index in [1.165, 1.54) is 0 Å². The van der Waals surface area contributed by atoms with Crippen molar-refractivity contribution in [2.75, 3.05) is 6.61 Å². The lowest BCUT2D eigenvalue weighted by Crippen LogP contribution is -1.91. The van der Waals surface area contributed by atoms with Crippen LogP contribution in [0.4, 0.5) is 0 Å². The van der Waals surface area contributed by atoms with Crippen molar-refractivity contribution in [1.29, 1.82) is 0 Å². The normalized spacial score (nSPS) is 10.2. The van der Waals surface area contributed by atoms with E-state index in [9.17, 15) is 0 Å². The Bertz CT molecular complexity index is 195. The van der Waals surface area contributed by atoms with Crippen molar-refractivity contribution in [3.8, 4) is 0 Å². The van der Waals surface area contributed by atoms with Gasteiger partial charge in [-0.25, -0.2) is 4.98 Å². The van der Waals surface area contributed by atoms with Crippen LogP contribution in [0.1, 0.15) is 18.5 Å². The fraction of sp³-hybridized carbons (Fsp3) is 0.571. The third-order valence-corrected chi connectivity index (χ3v) is 1.12. The lowest BCUT2D eigenvalue weighted by molar-refractivity contribution is 0.131. The van der Waals surface area contributed by atoms with Crippen LogP contribution in [0.15, 0.2) is 10.7 Å². The highest BCUT2D eigenvalue weighted by atomic mass is 16.5. The van der Waals surface area contributed by atoms with Crippen LogP contribution in [-0.2, 0) is 11.3 Å². The second-order valence-corrected chi connectivity index (χ2v) is 1.99. The predicted molar refractivity (Wildman–Crippen MR) is 36.6 cm³/mol. The van der Waals surface area contributed by atoms with Crippen LogP contribution in [0, 0.1) is 6.92 Å². The maximum absolute atomic E-state index is 5.11. The van der Waals surface area contributed by atoms with Crippen molar-refractivity contribution >= 4 is 0 Å². The lowest BCUT2D eigenvalue weighted by atomic mass is 10.5. The molecule has 1 rings (SSSR count). The molecule has 0 saturated heterocycles. The van der Waals surface area contributed by atoms with Gasteiger partial charge in [-0.2, -0.15) is 0 Å². The number of ether oxygens (including phenoxy) is 1. The van der Waals surface area contributed by atoms with E-state index < -0.39 is 0 Å². The molecule has 0 N–H and O–H groups in total. The van der Waals surface area contributed by atoms with Gasteiger partial charge >= 0.3 is 0 Å². The first kappa shape index (κ1) is 7.28. The number of hydrogen-bond acceptors (Lipinski definition) is 3. The maximum Gasteiger partial charge on any atom is 0.191 e. The molecule has 0 aliphatic rings. The Balaban J connectivity index is 2.42. The van der Waals surface area contributed by atoms with Gasteiger partial charge in [-0.3, -0.25) is 0 Å². The molecule has 56 valence electrons. The van der Waals surface area contributed by atoms with E-state index in [0.717, 1.165) is 5.69 Å². The van der Waals surface area contributed by atoms with Crippen molar-refractivity contribution in [2.24, 2.45) is 0 Å². The number of aromatic nitrogens is 1. The molecule has 0 aliphatic heterocycles. The van der Waals surface area contributed by atoms with Gasteiger partial charge in [0.2, 0.25) is 0 Å². The van der Waals surface area contributed by atoms with E-state index in [-0.39, 0.29) is 0 Å². The highest BCUT2D eigenvalue weighted by Gasteiger charge is 1.97. The molecule has 0 spiro atoms. The maximum atomic E-state index is 5.11. The first-order chi connectivity index (χ1) is 4.83. The second-order valence-electron chi connectivity index (χ2n) is 1.99. The van der Waals surface area contributed by atoms with Crippen molar-refractivity contribution in [2.45, 2.75) is 20.5 Å². The first-order valence-corrected chi connectivity index (χ1v) is 3.31. The van der Waals surface area contributed by atoms with Crippen LogP contribution in [0.3, 0.4) is 0 Å². The standard InChI is InChI=1S/C7H11NO2/c1-3-9-4-7-5-10-6(2)8-7/h5H,3-4H2,1-2H3. The summed E-state index contributed by atoms with van der Waals surface area (Å²) in [6.07, 6.45) is 1.62. The van der Waals surface area contributed by atoms with Crippen LogP contribution in [0.2, 0.25) is 0 Å². The van der Waals surface area contributed by atoms with Crippen molar-refractivity contribution < 1.29 is 9.15 Å². The van der Waals surface area contributed by atoms with Crippen LogP contribution in [-0.4, -0.2) is 11.6 Å². The van der Waals surface area contributed by atoms with Gasteiger partial charge in [0.25, 0.3) is 0 Å². The monoisotopic (exact) mass is 141 g/mol. The molecule has 10 heavy (non-hydrogen) atoms. The molecule has 0 saturated carbocycles. The van der Waals surface area contributed by atoms with Gasteiger partial charge in [0.05, 0.1) is 6.61 Å². The fourth-order valence-corrected chi connectivity index (χ4v) is 0.681. The Hall–Kier alpha value is -0.830. The van der Waals surface area contributed by atoms with Gasteiger partial charge in [-0.1, -0.05) is 0 Å². The van der Waals surface area contributed by atoms with E-state index in [1.54, 1.807) is 6.26 Å². The van der Waals surface area contributed by atoms with E-state index in [4.69, 9.17) is 9.15 Å². The fourth-order valence-electron chi connectivity index (χ4n) is 0.681. The Labute approximate surface area is 60.0 Å². The minimum absolute atomic E-state index is 0.549. The van der Waals surface area contributed by atoms with Gasteiger partial charge in [0.15, 0.2) is 5.89 Å². The zero-order valence-corrected chi connectivity index (χ0v) is 6.26. The molecular weight excluding hydrogens is 130 g/mol. The molecule has 3 nitrogen and oxygen atoms in total. The van der Waals surface area contributed by atoms with Crippen molar-refractivity contribution in [1.82, 2.24) is 4.98 Å². The molecule has 0 unspecified atom stereocenters. The lowest BCUT2D eigenvalue weighted by Gasteiger charge is -1.92. The Morgan fingerprint density at radius 3 is 3.00 bits per heavy atom. The summed E-state index contributed by atoms with van der Waals surface area (Å²) in [6.45, 7) is 5.03. The molecule has 0 aromatic carbocycles. The van der Waals surface area contributed by atoms with Gasteiger partial charge in [-0.15, -0.1) is 0 Å². The van der Waals surface area contributed by atoms with Gasteiger partial charge in [-0.05, 0) is 6.92 Å². The van der Waals surface area contributed by atoms with Crippen LogP contribution in [0.25, 0.3) is 0 Å². The third kappa shape index (κ3) is 1.84. The quantitative estimate of drug-likeness (QED) is 0.640. The van der Waals surface area contributed by atoms with E-state index in [0.29, 0.717) is 19.1 Å².